The van der Waals surface area contributed by atoms with E-state index in [2.05, 4.69) is 21.8 Å². The van der Waals surface area contributed by atoms with E-state index < -0.39 is 0 Å². The summed E-state index contributed by atoms with van der Waals surface area (Å²) in [5.41, 5.74) is 11.2. The molecule has 1 aliphatic carbocycles. The Balaban J connectivity index is 2.19. The van der Waals surface area contributed by atoms with E-state index in [1.807, 2.05) is 7.05 Å². The monoisotopic (exact) mass is 207 g/mol. The molecular formula is C10H17N5. The van der Waals surface area contributed by atoms with Crippen molar-refractivity contribution in [2.75, 3.05) is 23.4 Å². The molecule has 5 nitrogen and oxygen atoms in total. The van der Waals surface area contributed by atoms with Gasteiger partial charge in [-0.3, -0.25) is 0 Å². The Morgan fingerprint density at radius 3 is 2.60 bits per heavy atom. The molecule has 0 aliphatic heterocycles. The van der Waals surface area contributed by atoms with Crippen LogP contribution in [0.5, 0.6) is 0 Å². The summed E-state index contributed by atoms with van der Waals surface area (Å²) < 4.78 is 0. The predicted molar refractivity (Wildman–Crippen MR) is 61.4 cm³/mol. The molecule has 0 saturated heterocycles. The van der Waals surface area contributed by atoms with Crippen LogP contribution in [-0.2, 0) is 0 Å². The lowest BCUT2D eigenvalue weighted by molar-refractivity contribution is 0.604. The van der Waals surface area contributed by atoms with Gasteiger partial charge < -0.3 is 16.4 Å². The Kier molecular flexibility index (Phi) is 2.38. The van der Waals surface area contributed by atoms with Gasteiger partial charge in [-0.25, -0.2) is 0 Å². The van der Waals surface area contributed by atoms with Gasteiger partial charge in [0.2, 0.25) is 5.95 Å². The minimum absolute atomic E-state index is 0.236. The van der Waals surface area contributed by atoms with Crippen LogP contribution in [0.15, 0.2) is 6.07 Å². The molecule has 0 spiro atoms. The molecule has 1 aliphatic rings. The van der Waals surface area contributed by atoms with Gasteiger partial charge in [0.15, 0.2) is 0 Å². The van der Waals surface area contributed by atoms with Crippen molar-refractivity contribution >= 4 is 17.6 Å². The molecule has 5 heteroatoms. The quantitative estimate of drug-likeness (QED) is 0.768. The van der Waals surface area contributed by atoms with Gasteiger partial charge >= 0.3 is 0 Å². The molecule has 0 bridgehead atoms. The zero-order valence-corrected chi connectivity index (χ0v) is 9.14. The van der Waals surface area contributed by atoms with Gasteiger partial charge in [-0.2, -0.15) is 9.97 Å². The lowest BCUT2D eigenvalue weighted by atomic mass is 10.2. The van der Waals surface area contributed by atoms with Crippen molar-refractivity contribution in [2.24, 2.45) is 5.92 Å². The maximum absolute atomic E-state index is 5.63. The van der Waals surface area contributed by atoms with Crippen molar-refractivity contribution in [3.63, 3.8) is 0 Å². The maximum atomic E-state index is 5.63. The first-order valence-electron chi connectivity index (χ1n) is 5.21. The largest absolute Gasteiger partial charge is 0.383 e. The van der Waals surface area contributed by atoms with Crippen LogP contribution in [0.25, 0.3) is 0 Å². The molecule has 1 aromatic rings. The summed E-state index contributed by atoms with van der Waals surface area (Å²) in [6.45, 7) is 2.20. The minimum Gasteiger partial charge on any atom is -0.383 e. The Labute approximate surface area is 89.5 Å². The highest BCUT2D eigenvalue weighted by atomic mass is 15.2. The Bertz CT molecular complexity index is 341. The van der Waals surface area contributed by atoms with Crippen molar-refractivity contribution in [1.29, 1.82) is 0 Å². The lowest BCUT2D eigenvalue weighted by Gasteiger charge is -2.26. The average molecular weight is 207 g/mol. The predicted octanol–water partition coefficient (Wildman–Crippen LogP) is 0.876. The highest BCUT2D eigenvalue weighted by Crippen LogP contribution is 2.36. The summed E-state index contributed by atoms with van der Waals surface area (Å²) in [4.78, 5) is 10.1. The van der Waals surface area contributed by atoms with E-state index in [4.69, 9.17) is 11.5 Å². The molecule has 1 heterocycles. The molecule has 0 radical (unpaired) electrons. The summed E-state index contributed by atoms with van der Waals surface area (Å²) in [6.07, 6.45) is 2.61. The van der Waals surface area contributed by atoms with Crippen molar-refractivity contribution in [3.05, 3.63) is 6.07 Å². The van der Waals surface area contributed by atoms with Gasteiger partial charge in [-0.1, -0.05) is 0 Å². The van der Waals surface area contributed by atoms with Crippen LogP contribution in [0.3, 0.4) is 0 Å². The SMILES string of the molecule is CC(C1CC1)N(C)c1cc(N)nc(N)n1. The van der Waals surface area contributed by atoms with Gasteiger partial charge in [-0.05, 0) is 25.7 Å². The number of hydrogen-bond donors (Lipinski definition) is 2. The second-order valence-electron chi connectivity index (χ2n) is 4.20. The lowest BCUT2D eigenvalue weighted by Crippen LogP contribution is -2.31. The van der Waals surface area contributed by atoms with E-state index in [1.165, 1.54) is 12.8 Å². The number of anilines is 3. The molecule has 15 heavy (non-hydrogen) atoms. The van der Waals surface area contributed by atoms with Gasteiger partial charge in [0, 0.05) is 19.2 Å². The van der Waals surface area contributed by atoms with Crippen LogP contribution < -0.4 is 16.4 Å². The third-order valence-corrected chi connectivity index (χ3v) is 3.03. The zero-order chi connectivity index (χ0) is 11.0. The fourth-order valence-electron chi connectivity index (χ4n) is 1.76. The van der Waals surface area contributed by atoms with Crippen molar-refractivity contribution in [3.8, 4) is 0 Å². The van der Waals surface area contributed by atoms with E-state index in [-0.39, 0.29) is 5.95 Å². The molecule has 2 rings (SSSR count). The topological polar surface area (TPSA) is 81.1 Å². The minimum atomic E-state index is 0.236. The van der Waals surface area contributed by atoms with Gasteiger partial charge in [0.05, 0.1) is 0 Å². The molecule has 1 fully saturated rings. The van der Waals surface area contributed by atoms with Crippen LogP contribution in [0, 0.1) is 5.92 Å². The Morgan fingerprint density at radius 2 is 2.07 bits per heavy atom. The summed E-state index contributed by atoms with van der Waals surface area (Å²) in [5.74, 6) is 2.25. The number of aromatic nitrogens is 2. The molecule has 1 atom stereocenters. The maximum Gasteiger partial charge on any atom is 0.223 e. The van der Waals surface area contributed by atoms with E-state index in [9.17, 15) is 0 Å². The van der Waals surface area contributed by atoms with E-state index in [0.717, 1.165) is 11.7 Å². The van der Waals surface area contributed by atoms with Crippen molar-refractivity contribution in [2.45, 2.75) is 25.8 Å². The van der Waals surface area contributed by atoms with E-state index >= 15 is 0 Å². The normalized spacial score (nSPS) is 17.5. The van der Waals surface area contributed by atoms with Crippen LogP contribution in [0.4, 0.5) is 17.6 Å². The summed E-state index contributed by atoms with van der Waals surface area (Å²) in [6, 6.07) is 2.24. The third kappa shape index (κ3) is 2.11. The molecule has 4 N–H and O–H groups in total. The zero-order valence-electron chi connectivity index (χ0n) is 9.14. The van der Waals surface area contributed by atoms with Crippen molar-refractivity contribution < 1.29 is 0 Å². The molecule has 82 valence electrons. The standard InChI is InChI=1S/C10H17N5/c1-6(7-3-4-7)15(2)9-5-8(11)13-10(12)14-9/h5-7H,3-4H2,1-2H3,(H4,11,12,13,14). The fourth-order valence-corrected chi connectivity index (χ4v) is 1.76. The van der Waals surface area contributed by atoms with E-state index in [1.54, 1.807) is 6.07 Å². The van der Waals surface area contributed by atoms with Crippen LogP contribution in [0.1, 0.15) is 19.8 Å². The molecule has 1 unspecified atom stereocenters. The highest BCUT2D eigenvalue weighted by molar-refractivity contribution is 5.50. The van der Waals surface area contributed by atoms with Gasteiger partial charge in [0.1, 0.15) is 11.6 Å². The number of hydrogen-bond acceptors (Lipinski definition) is 5. The number of rotatable bonds is 3. The first-order chi connectivity index (χ1) is 7.08. The number of nitrogens with two attached hydrogens (primary N) is 2. The van der Waals surface area contributed by atoms with Crippen LogP contribution in [-0.4, -0.2) is 23.1 Å². The van der Waals surface area contributed by atoms with Gasteiger partial charge in [0.25, 0.3) is 0 Å². The van der Waals surface area contributed by atoms with Crippen molar-refractivity contribution in [1.82, 2.24) is 9.97 Å². The number of nitrogen functional groups attached to an aromatic ring is 2. The molecule has 0 amide bonds. The Morgan fingerprint density at radius 1 is 1.40 bits per heavy atom. The first kappa shape index (κ1) is 10.0. The third-order valence-electron chi connectivity index (χ3n) is 3.03. The summed E-state index contributed by atoms with van der Waals surface area (Å²) in [7, 11) is 2.02. The molecule has 1 aromatic heterocycles. The first-order valence-corrected chi connectivity index (χ1v) is 5.21. The molecule has 0 aromatic carbocycles. The molecule has 1 saturated carbocycles. The van der Waals surface area contributed by atoms with Gasteiger partial charge in [-0.15, -0.1) is 0 Å². The average Bonchev–Trinajstić information content (AvgIpc) is 2.97. The second-order valence-corrected chi connectivity index (χ2v) is 4.20. The van der Waals surface area contributed by atoms with E-state index in [0.29, 0.717) is 11.9 Å². The smallest absolute Gasteiger partial charge is 0.223 e. The summed E-state index contributed by atoms with van der Waals surface area (Å²) in [5, 5.41) is 0. The second kappa shape index (κ2) is 3.56. The molecular weight excluding hydrogens is 190 g/mol. The van der Waals surface area contributed by atoms with Crippen LogP contribution >= 0.6 is 0 Å². The Hall–Kier alpha value is -1.52. The fraction of sp³-hybridized carbons (Fsp3) is 0.600. The van der Waals surface area contributed by atoms with Crippen LogP contribution in [0.2, 0.25) is 0 Å². The summed E-state index contributed by atoms with van der Waals surface area (Å²) >= 11 is 0. The highest BCUT2D eigenvalue weighted by Gasteiger charge is 2.31. The number of nitrogens with zero attached hydrogens (tertiary/aromatic N) is 3.